The van der Waals surface area contributed by atoms with Gasteiger partial charge in [0, 0.05) is 11.1 Å². The van der Waals surface area contributed by atoms with Gasteiger partial charge in [-0.3, -0.25) is 4.79 Å². The summed E-state index contributed by atoms with van der Waals surface area (Å²) in [5, 5.41) is 7.03. The molecule has 0 spiro atoms. The zero-order valence-electron chi connectivity index (χ0n) is 15.0. The first kappa shape index (κ1) is 16.4. The summed E-state index contributed by atoms with van der Waals surface area (Å²) in [5.74, 6) is 1.59. The van der Waals surface area contributed by atoms with Gasteiger partial charge in [0.25, 0.3) is 0 Å². The van der Waals surface area contributed by atoms with Crippen LogP contribution in [0.4, 0.5) is 11.4 Å². The minimum atomic E-state index is -0.171. The van der Waals surface area contributed by atoms with E-state index in [4.69, 9.17) is 8.83 Å². The van der Waals surface area contributed by atoms with E-state index in [-0.39, 0.29) is 17.9 Å². The zero-order valence-corrected chi connectivity index (χ0v) is 15.0. The average molecular weight is 370 g/mol. The summed E-state index contributed by atoms with van der Waals surface area (Å²) in [6.45, 7) is 0. The van der Waals surface area contributed by atoms with Crippen LogP contribution in [-0.2, 0) is 0 Å². The van der Waals surface area contributed by atoms with Gasteiger partial charge >= 0.3 is 0 Å². The second-order valence-electron chi connectivity index (χ2n) is 6.73. The number of nitrogens with one attached hydrogen (secondary N) is 2. The SMILES string of the molecule is O=C(c1ccccc1)c1ccc2c(c1)NC(c1ccco1)C(c1ccco1)N2. The summed E-state index contributed by atoms with van der Waals surface area (Å²) in [7, 11) is 0. The molecule has 2 atom stereocenters. The molecule has 2 aromatic carbocycles. The molecule has 3 heterocycles. The molecular formula is C23H18N2O3. The van der Waals surface area contributed by atoms with Crippen molar-refractivity contribution in [2.75, 3.05) is 10.6 Å². The lowest BCUT2D eigenvalue weighted by Gasteiger charge is -2.34. The molecule has 1 aliphatic rings. The van der Waals surface area contributed by atoms with E-state index in [2.05, 4.69) is 10.6 Å². The average Bonchev–Trinajstić information content (AvgIpc) is 3.46. The number of carbonyl (C=O) groups is 1. The number of hydrogen-bond acceptors (Lipinski definition) is 5. The molecule has 2 unspecified atom stereocenters. The van der Waals surface area contributed by atoms with Crippen LogP contribution in [0.1, 0.15) is 39.5 Å². The highest BCUT2D eigenvalue weighted by molar-refractivity contribution is 6.09. The van der Waals surface area contributed by atoms with Crippen molar-refractivity contribution >= 4 is 17.2 Å². The van der Waals surface area contributed by atoms with Crippen LogP contribution in [0.3, 0.4) is 0 Å². The highest BCUT2D eigenvalue weighted by atomic mass is 16.3. The van der Waals surface area contributed by atoms with Crippen LogP contribution in [0.15, 0.2) is 94.2 Å². The van der Waals surface area contributed by atoms with Gasteiger partial charge in [-0.25, -0.2) is 0 Å². The summed E-state index contributed by atoms with van der Waals surface area (Å²) >= 11 is 0. The molecule has 0 saturated heterocycles. The molecule has 28 heavy (non-hydrogen) atoms. The summed E-state index contributed by atoms with van der Waals surface area (Å²) in [6.07, 6.45) is 3.31. The van der Waals surface area contributed by atoms with E-state index in [0.717, 1.165) is 22.9 Å². The molecule has 0 aliphatic carbocycles. The minimum Gasteiger partial charge on any atom is -0.467 e. The van der Waals surface area contributed by atoms with E-state index in [1.807, 2.05) is 72.8 Å². The van der Waals surface area contributed by atoms with Gasteiger partial charge in [0.1, 0.15) is 23.6 Å². The standard InChI is InChI=1S/C23H18N2O3/c26-23(15-6-2-1-3-7-15)16-10-11-17-18(14-16)25-22(20-9-5-13-28-20)21(24-17)19-8-4-12-27-19/h1-14,21-22,24-25H. The lowest BCUT2D eigenvalue weighted by atomic mass is 9.96. The number of hydrogen-bond donors (Lipinski definition) is 2. The van der Waals surface area contributed by atoms with Gasteiger partial charge in [-0.15, -0.1) is 0 Å². The van der Waals surface area contributed by atoms with Gasteiger partial charge in [-0.05, 0) is 42.5 Å². The maximum absolute atomic E-state index is 12.8. The number of carbonyl (C=O) groups excluding carboxylic acids is 1. The highest BCUT2D eigenvalue weighted by Gasteiger charge is 2.34. The van der Waals surface area contributed by atoms with Crippen LogP contribution in [0, 0.1) is 0 Å². The maximum Gasteiger partial charge on any atom is 0.193 e. The number of rotatable bonds is 4. The number of anilines is 2. The molecule has 0 amide bonds. The smallest absolute Gasteiger partial charge is 0.193 e. The highest BCUT2D eigenvalue weighted by Crippen LogP contribution is 2.42. The maximum atomic E-state index is 12.8. The fraction of sp³-hybridized carbons (Fsp3) is 0.0870. The molecular weight excluding hydrogens is 352 g/mol. The zero-order chi connectivity index (χ0) is 18.9. The van der Waals surface area contributed by atoms with Crippen LogP contribution in [0.25, 0.3) is 0 Å². The molecule has 4 aromatic rings. The Labute approximate surface area is 162 Å². The van der Waals surface area contributed by atoms with Gasteiger partial charge in [-0.1, -0.05) is 30.3 Å². The van der Waals surface area contributed by atoms with Crippen LogP contribution >= 0.6 is 0 Å². The number of benzene rings is 2. The van der Waals surface area contributed by atoms with Crippen LogP contribution in [-0.4, -0.2) is 5.78 Å². The van der Waals surface area contributed by atoms with Crippen molar-refractivity contribution in [3.8, 4) is 0 Å². The molecule has 0 radical (unpaired) electrons. The Morgan fingerprint density at radius 3 is 1.93 bits per heavy atom. The third-order valence-corrected chi connectivity index (χ3v) is 4.97. The predicted molar refractivity (Wildman–Crippen MR) is 106 cm³/mol. The van der Waals surface area contributed by atoms with E-state index in [1.165, 1.54) is 0 Å². The van der Waals surface area contributed by atoms with Gasteiger partial charge in [0.15, 0.2) is 5.78 Å². The third-order valence-electron chi connectivity index (χ3n) is 4.97. The second kappa shape index (κ2) is 6.78. The quantitative estimate of drug-likeness (QED) is 0.469. The van der Waals surface area contributed by atoms with Crippen molar-refractivity contribution in [3.05, 3.63) is 108 Å². The lowest BCUT2D eigenvalue weighted by molar-refractivity contribution is 0.103. The Morgan fingerprint density at radius 1 is 0.679 bits per heavy atom. The Morgan fingerprint density at radius 2 is 1.32 bits per heavy atom. The number of ketones is 1. The first-order chi connectivity index (χ1) is 13.8. The first-order valence-electron chi connectivity index (χ1n) is 9.13. The van der Waals surface area contributed by atoms with Crippen molar-refractivity contribution in [1.82, 2.24) is 0 Å². The first-order valence-corrected chi connectivity index (χ1v) is 9.13. The van der Waals surface area contributed by atoms with Crippen LogP contribution in [0.2, 0.25) is 0 Å². The molecule has 2 N–H and O–H groups in total. The normalized spacial score (nSPS) is 18.0. The molecule has 5 heteroatoms. The Kier molecular flexibility index (Phi) is 3.98. The van der Waals surface area contributed by atoms with E-state index in [0.29, 0.717) is 11.1 Å². The summed E-state index contributed by atoms with van der Waals surface area (Å²) in [6, 6.07) is 22.2. The van der Waals surface area contributed by atoms with Crippen molar-refractivity contribution < 1.29 is 13.6 Å². The summed E-state index contributed by atoms with van der Waals surface area (Å²) in [4.78, 5) is 12.8. The van der Waals surface area contributed by atoms with E-state index in [9.17, 15) is 4.79 Å². The molecule has 138 valence electrons. The molecule has 5 nitrogen and oxygen atoms in total. The Bertz CT molecular complexity index is 1090. The van der Waals surface area contributed by atoms with E-state index < -0.39 is 0 Å². The largest absolute Gasteiger partial charge is 0.467 e. The van der Waals surface area contributed by atoms with Crippen LogP contribution < -0.4 is 10.6 Å². The molecule has 0 fully saturated rings. The van der Waals surface area contributed by atoms with Gasteiger partial charge in [0.05, 0.1) is 23.9 Å². The summed E-state index contributed by atoms with van der Waals surface area (Å²) < 4.78 is 11.3. The van der Waals surface area contributed by atoms with Gasteiger partial charge in [0.2, 0.25) is 0 Å². The summed E-state index contributed by atoms with van der Waals surface area (Å²) in [5.41, 5.74) is 3.07. The number of furan rings is 2. The van der Waals surface area contributed by atoms with E-state index in [1.54, 1.807) is 12.5 Å². The fourth-order valence-corrected chi connectivity index (χ4v) is 3.60. The lowest BCUT2D eigenvalue weighted by Crippen LogP contribution is -2.29. The predicted octanol–water partition coefficient (Wildman–Crippen LogP) is 5.42. The Hall–Kier alpha value is -3.73. The monoisotopic (exact) mass is 370 g/mol. The van der Waals surface area contributed by atoms with Gasteiger partial charge in [-0.2, -0.15) is 0 Å². The van der Waals surface area contributed by atoms with Crippen molar-refractivity contribution in [2.24, 2.45) is 0 Å². The fourth-order valence-electron chi connectivity index (χ4n) is 3.60. The topological polar surface area (TPSA) is 67.4 Å². The van der Waals surface area contributed by atoms with Crippen molar-refractivity contribution in [2.45, 2.75) is 12.1 Å². The number of fused-ring (bicyclic) bond motifs is 1. The second-order valence-corrected chi connectivity index (χ2v) is 6.73. The van der Waals surface area contributed by atoms with Crippen molar-refractivity contribution in [3.63, 3.8) is 0 Å². The molecule has 0 bridgehead atoms. The molecule has 1 aliphatic heterocycles. The van der Waals surface area contributed by atoms with Crippen molar-refractivity contribution in [1.29, 1.82) is 0 Å². The Balaban J connectivity index is 1.52. The minimum absolute atomic E-state index is 0.00657. The molecule has 5 rings (SSSR count). The molecule has 0 saturated carbocycles. The molecule has 2 aromatic heterocycles. The van der Waals surface area contributed by atoms with Crippen LogP contribution in [0.5, 0.6) is 0 Å². The van der Waals surface area contributed by atoms with Gasteiger partial charge < -0.3 is 19.5 Å². The van der Waals surface area contributed by atoms with E-state index >= 15 is 0 Å². The third kappa shape index (κ3) is 2.87.